The lowest BCUT2D eigenvalue weighted by molar-refractivity contribution is -0.114. The normalized spacial score (nSPS) is 11.3. The minimum absolute atomic E-state index is 0.178. The van der Waals surface area contributed by atoms with Gasteiger partial charge in [0.2, 0.25) is 5.91 Å². The lowest BCUT2D eigenvalue weighted by Crippen LogP contribution is -2.06. The number of rotatable bonds is 4. The molecule has 4 aromatic rings. The topological polar surface area (TPSA) is 85.1 Å². The number of fused-ring (bicyclic) bond motifs is 2. The lowest BCUT2D eigenvalue weighted by Gasteiger charge is -2.09. The van der Waals surface area contributed by atoms with Crippen LogP contribution in [0.4, 0.5) is 5.69 Å². The first kappa shape index (κ1) is 19.6. The fourth-order valence-corrected chi connectivity index (χ4v) is 5.46. The maximum atomic E-state index is 12.1. The molecule has 0 radical (unpaired) electrons. The molecule has 29 heavy (non-hydrogen) atoms. The second-order valence-corrected chi connectivity index (χ2v) is 8.98. The summed E-state index contributed by atoms with van der Waals surface area (Å²) in [7, 11) is 0. The SMILES string of the molecule is CC(=O)Nc1ccc2c(CSc3nc(C)nc4sc(C)c(C)c34)cc(=O)oc2c1. The first-order valence-electron chi connectivity index (χ1n) is 9.03. The van der Waals surface area contributed by atoms with Crippen LogP contribution in [0.25, 0.3) is 21.2 Å². The number of hydrogen-bond acceptors (Lipinski definition) is 7. The molecule has 0 unspecified atom stereocenters. The fraction of sp³-hybridized carbons (Fsp3) is 0.238. The first-order valence-corrected chi connectivity index (χ1v) is 10.8. The monoisotopic (exact) mass is 425 g/mol. The Kier molecular flexibility index (Phi) is 5.14. The number of nitrogens with one attached hydrogen (secondary N) is 1. The number of hydrogen-bond donors (Lipinski definition) is 1. The number of thioether (sulfide) groups is 1. The van der Waals surface area contributed by atoms with Crippen molar-refractivity contribution < 1.29 is 9.21 Å². The molecule has 0 spiro atoms. The number of benzene rings is 1. The van der Waals surface area contributed by atoms with E-state index in [4.69, 9.17) is 4.42 Å². The van der Waals surface area contributed by atoms with Crippen molar-refractivity contribution in [2.75, 3.05) is 5.32 Å². The van der Waals surface area contributed by atoms with E-state index in [2.05, 4.69) is 29.1 Å². The van der Waals surface area contributed by atoms with Crippen molar-refractivity contribution in [3.8, 4) is 0 Å². The summed E-state index contributed by atoms with van der Waals surface area (Å²) < 4.78 is 5.35. The van der Waals surface area contributed by atoms with Gasteiger partial charge in [0.25, 0.3) is 0 Å². The van der Waals surface area contributed by atoms with E-state index < -0.39 is 5.63 Å². The van der Waals surface area contributed by atoms with Gasteiger partial charge in [0.15, 0.2) is 0 Å². The number of aromatic nitrogens is 2. The molecule has 8 heteroatoms. The van der Waals surface area contributed by atoms with Crippen LogP contribution in [-0.2, 0) is 10.5 Å². The quantitative estimate of drug-likeness (QED) is 0.282. The van der Waals surface area contributed by atoms with E-state index in [1.165, 1.54) is 23.4 Å². The second kappa shape index (κ2) is 7.61. The summed E-state index contributed by atoms with van der Waals surface area (Å²) >= 11 is 3.26. The van der Waals surface area contributed by atoms with Crippen molar-refractivity contribution in [2.45, 2.75) is 38.5 Å². The Morgan fingerprint density at radius 2 is 2.00 bits per heavy atom. The first-order chi connectivity index (χ1) is 13.8. The Bertz CT molecular complexity index is 1320. The molecule has 4 rings (SSSR count). The van der Waals surface area contributed by atoms with Gasteiger partial charge >= 0.3 is 5.63 Å². The van der Waals surface area contributed by atoms with Crippen LogP contribution in [-0.4, -0.2) is 15.9 Å². The maximum absolute atomic E-state index is 12.1. The molecule has 0 aliphatic heterocycles. The molecule has 0 atom stereocenters. The van der Waals surface area contributed by atoms with Crippen LogP contribution in [0.3, 0.4) is 0 Å². The molecule has 3 heterocycles. The van der Waals surface area contributed by atoms with Crippen molar-refractivity contribution in [3.05, 3.63) is 56.5 Å². The summed E-state index contributed by atoms with van der Waals surface area (Å²) in [6, 6.07) is 6.85. The molecule has 6 nitrogen and oxygen atoms in total. The van der Waals surface area contributed by atoms with Gasteiger partial charge in [-0.15, -0.1) is 23.1 Å². The fourth-order valence-electron chi connectivity index (χ4n) is 3.20. The number of aryl methyl sites for hydroxylation is 3. The molecule has 0 fully saturated rings. The van der Waals surface area contributed by atoms with Crippen LogP contribution in [0.5, 0.6) is 0 Å². The number of anilines is 1. The average Bonchev–Trinajstić information content (AvgIpc) is 2.92. The van der Waals surface area contributed by atoms with Gasteiger partial charge in [0.1, 0.15) is 21.3 Å². The highest BCUT2D eigenvalue weighted by Crippen LogP contribution is 2.36. The third-order valence-electron chi connectivity index (χ3n) is 4.62. The van der Waals surface area contributed by atoms with Gasteiger partial charge in [-0.2, -0.15) is 0 Å². The van der Waals surface area contributed by atoms with E-state index in [0.29, 0.717) is 17.0 Å². The smallest absolute Gasteiger partial charge is 0.336 e. The molecule has 1 N–H and O–H groups in total. The Labute approximate surface area is 175 Å². The Morgan fingerprint density at radius 3 is 2.76 bits per heavy atom. The highest BCUT2D eigenvalue weighted by molar-refractivity contribution is 7.98. The van der Waals surface area contributed by atoms with Crippen LogP contribution in [0.1, 0.15) is 28.8 Å². The molecular formula is C21H19N3O3S2. The van der Waals surface area contributed by atoms with E-state index in [1.807, 2.05) is 13.0 Å². The number of thiophene rings is 1. The second-order valence-electron chi connectivity index (χ2n) is 6.81. The van der Waals surface area contributed by atoms with Crippen LogP contribution in [0.2, 0.25) is 0 Å². The van der Waals surface area contributed by atoms with Crippen molar-refractivity contribution in [1.82, 2.24) is 9.97 Å². The van der Waals surface area contributed by atoms with E-state index in [0.717, 1.165) is 32.0 Å². The number of carbonyl (C=O) groups is 1. The molecule has 148 valence electrons. The summed E-state index contributed by atoms with van der Waals surface area (Å²) in [4.78, 5) is 34.8. The predicted molar refractivity (Wildman–Crippen MR) is 118 cm³/mol. The van der Waals surface area contributed by atoms with Crippen molar-refractivity contribution >= 4 is 55.9 Å². The molecule has 1 aromatic carbocycles. The van der Waals surface area contributed by atoms with Gasteiger partial charge in [-0.3, -0.25) is 4.79 Å². The van der Waals surface area contributed by atoms with Crippen LogP contribution >= 0.6 is 23.1 Å². The summed E-state index contributed by atoms with van der Waals surface area (Å²) in [6.45, 7) is 7.51. The van der Waals surface area contributed by atoms with E-state index in [-0.39, 0.29) is 5.91 Å². The van der Waals surface area contributed by atoms with Gasteiger partial charge in [-0.05, 0) is 44.0 Å². The van der Waals surface area contributed by atoms with Crippen molar-refractivity contribution in [2.24, 2.45) is 0 Å². The summed E-state index contributed by atoms with van der Waals surface area (Å²) in [5.74, 6) is 1.13. The standard InChI is InChI=1S/C21H19N3O3S2/c1-10-11(2)29-21-19(10)20(22-12(3)23-21)28-9-14-7-18(26)27-17-8-15(24-13(4)25)5-6-16(14)17/h5-8H,9H2,1-4H3,(H,24,25). The maximum Gasteiger partial charge on any atom is 0.336 e. The molecule has 0 bridgehead atoms. The molecule has 3 aromatic heterocycles. The number of carbonyl (C=O) groups excluding carboxylic acids is 1. The molecule has 0 saturated carbocycles. The van der Waals surface area contributed by atoms with Crippen molar-refractivity contribution in [3.63, 3.8) is 0 Å². The Hall–Kier alpha value is -2.71. The average molecular weight is 426 g/mol. The highest BCUT2D eigenvalue weighted by atomic mass is 32.2. The molecule has 1 amide bonds. The molecule has 0 aliphatic rings. The van der Waals surface area contributed by atoms with Gasteiger partial charge in [0, 0.05) is 46.1 Å². The largest absolute Gasteiger partial charge is 0.423 e. The summed E-state index contributed by atoms with van der Waals surface area (Å²) in [5, 5.41) is 5.55. The highest BCUT2D eigenvalue weighted by Gasteiger charge is 2.15. The van der Waals surface area contributed by atoms with Crippen molar-refractivity contribution in [1.29, 1.82) is 0 Å². The Morgan fingerprint density at radius 1 is 1.21 bits per heavy atom. The minimum atomic E-state index is -0.417. The van der Waals surface area contributed by atoms with Gasteiger partial charge in [0.05, 0.1) is 0 Å². The van der Waals surface area contributed by atoms with E-state index in [9.17, 15) is 9.59 Å². The van der Waals surface area contributed by atoms with Gasteiger partial charge in [-0.25, -0.2) is 14.8 Å². The number of amides is 1. The molecular weight excluding hydrogens is 406 g/mol. The van der Waals surface area contributed by atoms with Crippen LogP contribution < -0.4 is 10.9 Å². The zero-order valence-electron chi connectivity index (χ0n) is 16.5. The number of nitrogens with zero attached hydrogens (tertiary/aromatic N) is 2. The van der Waals surface area contributed by atoms with Crippen LogP contribution in [0, 0.1) is 20.8 Å². The molecule has 0 aliphatic carbocycles. The van der Waals surface area contributed by atoms with Gasteiger partial charge < -0.3 is 9.73 Å². The molecule has 0 saturated heterocycles. The third-order valence-corrected chi connectivity index (χ3v) is 6.75. The third kappa shape index (κ3) is 3.90. The zero-order valence-corrected chi connectivity index (χ0v) is 18.1. The minimum Gasteiger partial charge on any atom is -0.423 e. The zero-order chi connectivity index (χ0) is 20.7. The summed E-state index contributed by atoms with van der Waals surface area (Å²) in [5.41, 5.74) is 2.69. The van der Waals surface area contributed by atoms with Crippen LogP contribution in [0.15, 0.2) is 38.5 Å². The lowest BCUT2D eigenvalue weighted by atomic mass is 10.1. The van der Waals surface area contributed by atoms with E-state index >= 15 is 0 Å². The predicted octanol–water partition coefficient (Wildman–Crippen LogP) is 4.97. The van der Waals surface area contributed by atoms with Gasteiger partial charge in [-0.1, -0.05) is 0 Å². The van der Waals surface area contributed by atoms with E-state index in [1.54, 1.807) is 35.2 Å². The Balaban J connectivity index is 1.73. The summed E-state index contributed by atoms with van der Waals surface area (Å²) in [6.07, 6.45) is 0.